The number of aromatic amines is 2. The molecule has 3 aromatic heterocycles. The van der Waals surface area contributed by atoms with E-state index in [9.17, 15) is 0 Å². The number of H-pyrrole nitrogens is 2. The molecule has 5 aromatic rings. The molecule has 0 aliphatic carbocycles. The highest BCUT2D eigenvalue weighted by molar-refractivity contribution is 6.31. The van der Waals surface area contributed by atoms with E-state index in [0.29, 0.717) is 0 Å². The quantitative estimate of drug-likeness (QED) is 0.420. The summed E-state index contributed by atoms with van der Waals surface area (Å²) in [5.74, 6) is 0. The van der Waals surface area contributed by atoms with Crippen molar-refractivity contribution in [3.8, 4) is 0 Å². The molecule has 31 heavy (non-hydrogen) atoms. The third-order valence-corrected chi connectivity index (χ3v) is 5.77. The van der Waals surface area contributed by atoms with Crippen molar-refractivity contribution in [1.29, 1.82) is 0 Å². The van der Waals surface area contributed by atoms with Gasteiger partial charge in [0.05, 0.1) is 37.1 Å². The van der Waals surface area contributed by atoms with Crippen molar-refractivity contribution in [3.05, 3.63) is 102 Å². The van der Waals surface area contributed by atoms with Crippen molar-refractivity contribution >= 4 is 28.2 Å². The number of aromatic nitrogens is 5. The minimum Gasteiger partial charge on any atom is -0.365 e. The van der Waals surface area contributed by atoms with Gasteiger partial charge in [-0.3, -0.25) is 0 Å². The minimum absolute atomic E-state index is 0.761. The topological polar surface area (TPSA) is 65.5 Å². The second-order valence-corrected chi connectivity index (χ2v) is 8.04. The first-order valence-electron chi connectivity index (χ1n) is 10.3. The van der Waals surface area contributed by atoms with Crippen molar-refractivity contribution in [1.82, 2.24) is 24.5 Å². The van der Waals surface area contributed by atoms with E-state index in [1.54, 1.807) is 12.7 Å². The molecular weight excluding hydrogens is 408 g/mol. The Balaban J connectivity index is 0.000000132. The monoisotopic (exact) mass is 430 g/mol. The molecule has 6 rings (SSSR count). The highest BCUT2D eigenvalue weighted by Gasteiger charge is 2.18. The second-order valence-electron chi connectivity index (χ2n) is 7.60. The van der Waals surface area contributed by atoms with Crippen LogP contribution < -0.4 is 4.90 Å². The van der Waals surface area contributed by atoms with E-state index in [1.165, 1.54) is 22.3 Å². The number of rotatable bonds is 4. The SMILES string of the molecule is Clc1ccc2ccn(Cc3cnc[nH]3)c2c1.c1ccc2c(c1)CCN2Cc1cnc[nH]1. The van der Waals surface area contributed by atoms with Crippen LogP contribution in [0.4, 0.5) is 5.69 Å². The summed E-state index contributed by atoms with van der Waals surface area (Å²) in [5.41, 5.74) is 6.22. The Morgan fingerprint density at radius 2 is 1.68 bits per heavy atom. The van der Waals surface area contributed by atoms with Crippen molar-refractivity contribution in [2.45, 2.75) is 19.5 Å². The number of halogens is 1. The molecular formula is C24H23ClN6. The molecule has 0 radical (unpaired) electrons. The number of hydrogen-bond acceptors (Lipinski definition) is 3. The average Bonchev–Trinajstić information content (AvgIpc) is 3.59. The van der Waals surface area contributed by atoms with Gasteiger partial charge in [-0.15, -0.1) is 0 Å². The molecule has 0 spiro atoms. The van der Waals surface area contributed by atoms with Crippen LogP contribution in [0.5, 0.6) is 0 Å². The van der Waals surface area contributed by atoms with E-state index in [-0.39, 0.29) is 0 Å². The van der Waals surface area contributed by atoms with Gasteiger partial charge < -0.3 is 19.4 Å². The van der Waals surface area contributed by atoms with Crippen LogP contribution >= 0.6 is 11.6 Å². The number of hydrogen-bond donors (Lipinski definition) is 2. The van der Waals surface area contributed by atoms with Crippen molar-refractivity contribution < 1.29 is 0 Å². The lowest BCUT2D eigenvalue weighted by molar-refractivity contribution is 0.814. The molecule has 2 N–H and O–H groups in total. The normalized spacial score (nSPS) is 12.6. The fraction of sp³-hybridized carbons (Fsp3) is 0.167. The molecule has 1 aliphatic heterocycles. The van der Waals surface area contributed by atoms with Gasteiger partial charge in [-0.1, -0.05) is 35.9 Å². The number of fused-ring (bicyclic) bond motifs is 2. The van der Waals surface area contributed by atoms with Gasteiger partial charge in [0.1, 0.15) is 0 Å². The average molecular weight is 431 g/mol. The summed E-state index contributed by atoms with van der Waals surface area (Å²) in [6, 6.07) is 16.6. The number of nitrogens with one attached hydrogen (secondary N) is 2. The maximum Gasteiger partial charge on any atom is 0.0922 e. The van der Waals surface area contributed by atoms with Crippen LogP contribution in [0.15, 0.2) is 79.8 Å². The molecule has 156 valence electrons. The van der Waals surface area contributed by atoms with E-state index >= 15 is 0 Å². The molecule has 1 aliphatic rings. The van der Waals surface area contributed by atoms with Crippen LogP contribution in [-0.4, -0.2) is 31.0 Å². The Bertz CT molecular complexity index is 1260. The smallest absolute Gasteiger partial charge is 0.0922 e. The molecule has 0 atom stereocenters. The molecule has 4 heterocycles. The number of imidazole rings is 2. The lowest BCUT2D eigenvalue weighted by Gasteiger charge is -2.17. The van der Waals surface area contributed by atoms with Crippen LogP contribution in [0.25, 0.3) is 10.9 Å². The molecule has 6 nitrogen and oxygen atoms in total. The first kappa shape index (κ1) is 19.5. The predicted molar refractivity (Wildman–Crippen MR) is 124 cm³/mol. The Morgan fingerprint density at radius 1 is 0.903 bits per heavy atom. The van der Waals surface area contributed by atoms with Crippen LogP contribution in [0, 0.1) is 0 Å². The summed E-state index contributed by atoms with van der Waals surface area (Å²) >= 11 is 6.00. The van der Waals surface area contributed by atoms with Gasteiger partial charge in [0.15, 0.2) is 0 Å². The maximum atomic E-state index is 6.00. The Hall–Kier alpha value is -3.51. The van der Waals surface area contributed by atoms with Crippen LogP contribution in [0.1, 0.15) is 17.0 Å². The zero-order valence-corrected chi connectivity index (χ0v) is 17.8. The highest BCUT2D eigenvalue weighted by Crippen LogP contribution is 2.28. The molecule has 7 heteroatoms. The first-order chi connectivity index (χ1) is 15.3. The van der Waals surface area contributed by atoms with Crippen molar-refractivity contribution in [2.75, 3.05) is 11.4 Å². The van der Waals surface area contributed by atoms with E-state index < -0.39 is 0 Å². The first-order valence-corrected chi connectivity index (χ1v) is 10.7. The second kappa shape index (κ2) is 8.70. The lowest BCUT2D eigenvalue weighted by atomic mass is 10.2. The molecule has 0 bridgehead atoms. The third-order valence-electron chi connectivity index (χ3n) is 5.53. The molecule has 0 fully saturated rings. The highest BCUT2D eigenvalue weighted by atomic mass is 35.5. The van der Waals surface area contributed by atoms with E-state index in [0.717, 1.165) is 42.3 Å². The lowest BCUT2D eigenvalue weighted by Crippen LogP contribution is -2.19. The molecule has 0 saturated heterocycles. The molecule has 2 aromatic carbocycles. The van der Waals surface area contributed by atoms with Gasteiger partial charge in [-0.25, -0.2) is 9.97 Å². The summed E-state index contributed by atoms with van der Waals surface area (Å²) in [6.07, 6.45) is 10.4. The van der Waals surface area contributed by atoms with Gasteiger partial charge in [0, 0.05) is 41.4 Å². The van der Waals surface area contributed by atoms with Crippen LogP contribution in [-0.2, 0) is 19.5 Å². The maximum absolute atomic E-state index is 6.00. The number of anilines is 1. The summed E-state index contributed by atoms with van der Waals surface area (Å²) in [6.45, 7) is 2.82. The van der Waals surface area contributed by atoms with Gasteiger partial charge in [0.25, 0.3) is 0 Å². The van der Waals surface area contributed by atoms with Gasteiger partial charge in [-0.2, -0.15) is 0 Å². The van der Waals surface area contributed by atoms with Gasteiger partial charge in [0.2, 0.25) is 0 Å². The zero-order valence-electron chi connectivity index (χ0n) is 17.0. The predicted octanol–water partition coefficient (Wildman–Crippen LogP) is 5.04. The van der Waals surface area contributed by atoms with E-state index in [1.807, 2.05) is 30.6 Å². The largest absolute Gasteiger partial charge is 0.365 e. The summed E-state index contributed by atoms with van der Waals surface area (Å²) < 4.78 is 2.15. The Kier molecular flexibility index (Phi) is 5.46. The molecule has 0 unspecified atom stereocenters. The van der Waals surface area contributed by atoms with Crippen LogP contribution in [0.2, 0.25) is 5.02 Å². The fourth-order valence-corrected chi connectivity index (χ4v) is 4.16. The van der Waals surface area contributed by atoms with E-state index in [4.69, 9.17) is 11.6 Å². The summed E-state index contributed by atoms with van der Waals surface area (Å²) in [5, 5.41) is 1.96. The van der Waals surface area contributed by atoms with Gasteiger partial charge >= 0.3 is 0 Å². The molecule has 0 amide bonds. The van der Waals surface area contributed by atoms with Gasteiger partial charge in [-0.05, 0) is 41.6 Å². The number of nitrogens with zero attached hydrogens (tertiary/aromatic N) is 4. The summed E-state index contributed by atoms with van der Waals surface area (Å²) in [7, 11) is 0. The Morgan fingerprint density at radius 3 is 2.45 bits per heavy atom. The molecule has 0 saturated carbocycles. The zero-order chi connectivity index (χ0) is 21.0. The third kappa shape index (κ3) is 4.34. The minimum atomic E-state index is 0.761. The standard InChI is InChI=1S/C12H10ClN3.C12H13N3/c13-10-2-1-9-3-4-16(12(9)5-10)7-11-6-14-8-15-11;1-2-4-12-10(3-1)5-6-15(12)8-11-7-13-9-14-11/h1-6,8H,7H2,(H,14,15);1-4,7,9H,5-6,8H2,(H,13,14). The Labute approximate surface area is 185 Å². The van der Waals surface area contributed by atoms with Crippen molar-refractivity contribution in [3.63, 3.8) is 0 Å². The number of benzene rings is 2. The van der Waals surface area contributed by atoms with E-state index in [2.05, 4.69) is 65.9 Å². The van der Waals surface area contributed by atoms with Crippen LogP contribution in [0.3, 0.4) is 0 Å². The van der Waals surface area contributed by atoms with Crippen molar-refractivity contribution in [2.24, 2.45) is 0 Å². The number of para-hydroxylation sites is 1. The fourth-order valence-electron chi connectivity index (χ4n) is 4.00. The summed E-state index contributed by atoms with van der Waals surface area (Å²) in [4.78, 5) is 16.7.